The second kappa shape index (κ2) is 10.4. The number of amides is 1. The Labute approximate surface area is 197 Å². The van der Waals surface area contributed by atoms with Crippen molar-refractivity contribution in [1.82, 2.24) is 0 Å². The van der Waals surface area contributed by atoms with Gasteiger partial charge in [0, 0.05) is 21.2 Å². The largest absolute Gasteiger partial charge is 0.481 e. The Kier molecular flexibility index (Phi) is 7.86. The first-order chi connectivity index (χ1) is 14.9. The number of aliphatic carboxylic acids is 1. The van der Waals surface area contributed by atoms with Gasteiger partial charge >= 0.3 is 5.97 Å². The lowest BCUT2D eigenvalue weighted by Crippen LogP contribution is -2.44. The number of carbonyl (C=O) groups is 2. The molecule has 6 heteroatoms. The molecule has 164 valence electrons. The van der Waals surface area contributed by atoms with E-state index in [1.807, 2.05) is 55.5 Å². The van der Waals surface area contributed by atoms with E-state index in [0.29, 0.717) is 6.42 Å². The number of hydrogen-bond acceptors (Lipinski definition) is 3. The molecule has 5 nitrogen and oxygen atoms in total. The minimum absolute atomic E-state index is 0.0898. The molecule has 2 atom stereocenters. The van der Waals surface area contributed by atoms with Gasteiger partial charge in [-0.1, -0.05) is 63.9 Å². The van der Waals surface area contributed by atoms with E-state index in [1.54, 1.807) is 4.90 Å². The first kappa shape index (κ1) is 23.4. The SMILES string of the molecule is CCC(CC)C1N=C(c2ccccc2)c2cc(I)ccc2N(C[C@H](CC)C(=O)O)C1=O. The average Bonchev–Trinajstić information content (AvgIpc) is 2.88. The summed E-state index contributed by atoms with van der Waals surface area (Å²) in [4.78, 5) is 32.4. The number of aliphatic imine (C=N–C) groups is 1. The predicted molar refractivity (Wildman–Crippen MR) is 133 cm³/mol. The number of benzene rings is 2. The molecule has 0 saturated heterocycles. The molecule has 3 rings (SSSR count). The van der Waals surface area contributed by atoms with Crippen LogP contribution in [0.4, 0.5) is 5.69 Å². The molecule has 31 heavy (non-hydrogen) atoms. The van der Waals surface area contributed by atoms with Crippen LogP contribution in [0.2, 0.25) is 0 Å². The summed E-state index contributed by atoms with van der Waals surface area (Å²) in [5.74, 6) is -1.53. The summed E-state index contributed by atoms with van der Waals surface area (Å²) in [6.07, 6.45) is 2.12. The summed E-state index contributed by atoms with van der Waals surface area (Å²) < 4.78 is 1.04. The maximum atomic E-state index is 13.8. The van der Waals surface area contributed by atoms with Crippen molar-refractivity contribution >= 4 is 45.9 Å². The fourth-order valence-corrected chi connectivity index (χ4v) is 4.63. The Morgan fingerprint density at radius 1 is 1.10 bits per heavy atom. The van der Waals surface area contributed by atoms with Gasteiger partial charge < -0.3 is 10.0 Å². The van der Waals surface area contributed by atoms with Crippen LogP contribution in [-0.2, 0) is 9.59 Å². The summed E-state index contributed by atoms with van der Waals surface area (Å²) in [7, 11) is 0. The van der Waals surface area contributed by atoms with Crippen LogP contribution >= 0.6 is 22.6 Å². The van der Waals surface area contributed by atoms with Gasteiger partial charge in [0.2, 0.25) is 0 Å². The monoisotopic (exact) mass is 532 g/mol. The van der Waals surface area contributed by atoms with E-state index >= 15 is 0 Å². The van der Waals surface area contributed by atoms with E-state index < -0.39 is 17.9 Å². The van der Waals surface area contributed by atoms with Crippen LogP contribution < -0.4 is 4.90 Å². The van der Waals surface area contributed by atoms with Crippen LogP contribution in [0.3, 0.4) is 0 Å². The van der Waals surface area contributed by atoms with Crippen LogP contribution in [0.5, 0.6) is 0 Å². The summed E-state index contributed by atoms with van der Waals surface area (Å²) in [5, 5.41) is 9.68. The maximum absolute atomic E-state index is 13.8. The first-order valence-electron chi connectivity index (χ1n) is 10.9. The standard InChI is InChI=1S/C25H29IN2O3/c1-4-16(5-2)23-24(29)28(15-17(6-3)25(30)31)21-13-12-19(26)14-20(21)22(27-23)18-10-8-7-9-11-18/h7-14,16-17,23H,4-6,15H2,1-3H3,(H,30,31)/t17-,23?/m0/s1. The van der Waals surface area contributed by atoms with Crippen molar-refractivity contribution < 1.29 is 14.7 Å². The molecule has 0 aromatic heterocycles. The van der Waals surface area contributed by atoms with Gasteiger partial charge in [-0.3, -0.25) is 14.6 Å². The Balaban J connectivity index is 2.24. The number of nitrogens with zero attached hydrogens (tertiary/aromatic N) is 2. The highest BCUT2D eigenvalue weighted by molar-refractivity contribution is 14.1. The predicted octanol–water partition coefficient (Wildman–Crippen LogP) is 5.39. The van der Waals surface area contributed by atoms with Gasteiger partial charge in [-0.2, -0.15) is 0 Å². The highest BCUT2D eigenvalue weighted by Crippen LogP contribution is 2.33. The minimum Gasteiger partial charge on any atom is -0.481 e. The minimum atomic E-state index is -0.880. The van der Waals surface area contributed by atoms with E-state index in [4.69, 9.17) is 4.99 Å². The van der Waals surface area contributed by atoms with Crippen molar-refractivity contribution in [1.29, 1.82) is 0 Å². The fraction of sp³-hybridized carbons (Fsp3) is 0.400. The number of rotatable bonds is 8. The second-order valence-electron chi connectivity index (χ2n) is 7.92. The molecule has 1 amide bonds. The van der Waals surface area contributed by atoms with Crippen LogP contribution in [-0.4, -0.2) is 35.3 Å². The molecule has 0 aliphatic carbocycles. The van der Waals surface area contributed by atoms with E-state index in [2.05, 4.69) is 36.4 Å². The molecule has 0 fully saturated rings. The molecule has 0 radical (unpaired) electrons. The van der Waals surface area contributed by atoms with Crippen LogP contribution in [0, 0.1) is 15.4 Å². The number of carboxylic acids is 1. The summed E-state index contributed by atoms with van der Waals surface area (Å²) in [6, 6.07) is 15.3. The Morgan fingerprint density at radius 2 is 1.77 bits per heavy atom. The number of hydrogen-bond donors (Lipinski definition) is 1. The van der Waals surface area contributed by atoms with E-state index in [-0.39, 0.29) is 18.4 Å². The molecule has 1 unspecified atom stereocenters. The fourth-order valence-electron chi connectivity index (χ4n) is 4.13. The molecule has 0 spiro atoms. The summed E-state index contributed by atoms with van der Waals surface area (Å²) >= 11 is 2.26. The molecule has 0 saturated carbocycles. The molecular weight excluding hydrogens is 503 g/mol. The molecule has 1 heterocycles. The van der Waals surface area contributed by atoms with E-state index in [9.17, 15) is 14.7 Å². The third-order valence-corrected chi connectivity index (χ3v) is 6.75. The highest BCUT2D eigenvalue weighted by Gasteiger charge is 2.37. The van der Waals surface area contributed by atoms with Crippen LogP contribution in [0.15, 0.2) is 53.5 Å². The Hall–Kier alpha value is -2.22. The summed E-state index contributed by atoms with van der Waals surface area (Å²) in [6.45, 7) is 6.15. The van der Waals surface area contributed by atoms with Crippen LogP contribution in [0.25, 0.3) is 0 Å². The number of benzodiazepines with no additional fused rings is 1. The molecular formula is C25H29IN2O3. The van der Waals surface area contributed by atoms with Gasteiger partial charge in [-0.15, -0.1) is 0 Å². The van der Waals surface area contributed by atoms with Gasteiger partial charge in [0.15, 0.2) is 0 Å². The van der Waals surface area contributed by atoms with Crippen LogP contribution in [0.1, 0.15) is 51.2 Å². The van der Waals surface area contributed by atoms with Gasteiger partial charge in [-0.25, -0.2) is 0 Å². The van der Waals surface area contributed by atoms with Crippen molar-refractivity contribution in [3.05, 3.63) is 63.2 Å². The summed E-state index contributed by atoms with van der Waals surface area (Å²) in [5.41, 5.74) is 3.37. The molecule has 1 aliphatic rings. The number of fused-ring (bicyclic) bond motifs is 1. The third-order valence-electron chi connectivity index (χ3n) is 6.08. The van der Waals surface area contributed by atoms with Gasteiger partial charge in [-0.05, 0) is 53.1 Å². The second-order valence-corrected chi connectivity index (χ2v) is 9.16. The lowest BCUT2D eigenvalue weighted by molar-refractivity contribution is -0.141. The van der Waals surface area contributed by atoms with Gasteiger partial charge in [0.05, 0.1) is 17.3 Å². The van der Waals surface area contributed by atoms with Crippen molar-refractivity contribution in [3.8, 4) is 0 Å². The average molecular weight is 532 g/mol. The van der Waals surface area contributed by atoms with Crippen molar-refractivity contribution in [3.63, 3.8) is 0 Å². The Bertz CT molecular complexity index is 970. The molecule has 2 aromatic rings. The third kappa shape index (κ3) is 5.00. The quantitative estimate of drug-likeness (QED) is 0.464. The normalized spacial score (nSPS) is 17.2. The van der Waals surface area contributed by atoms with E-state index in [1.165, 1.54) is 0 Å². The van der Waals surface area contributed by atoms with Crippen molar-refractivity contribution in [2.75, 3.05) is 11.4 Å². The number of anilines is 1. The number of carbonyl (C=O) groups excluding carboxylic acids is 1. The number of carboxylic acid groups (broad SMARTS) is 1. The van der Waals surface area contributed by atoms with Crippen molar-refractivity contribution in [2.45, 2.75) is 46.1 Å². The number of halogens is 1. The zero-order chi connectivity index (χ0) is 22.5. The lowest BCUT2D eigenvalue weighted by atomic mass is 9.93. The molecule has 1 aliphatic heterocycles. The molecule has 1 N–H and O–H groups in total. The topological polar surface area (TPSA) is 70.0 Å². The van der Waals surface area contributed by atoms with Crippen molar-refractivity contribution in [2.24, 2.45) is 16.8 Å². The zero-order valence-corrected chi connectivity index (χ0v) is 20.4. The van der Waals surface area contributed by atoms with E-state index in [0.717, 1.165) is 38.9 Å². The lowest BCUT2D eigenvalue weighted by Gasteiger charge is -2.30. The maximum Gasteiger partial charge on any atom is 0.308 e. The smallest absolute Gasteiger partial charge is 0.308 e. The zero-order valence-electron chi connectivity index (χ0n) is 18.2. The van der Waals surface area contributed by atoms with Gasteiger partial charge in [0.1, 0.15) is 6.04 Å². The first-order valence-corrected chi connectivity index (χ1v) is 12.0. The Morgan fingerprint density at radius 3 is 2.35 bits per heavy atom. The molecule has 0 bridgehead atoms. The molecule has 2 aromatic carbocycles. The van der Waals surface area contributed by atoms with Gasteiger partial charge in [0.25, 0.3) is 5.91 Å². The highest BCUT2D eigenvalue weighted by atomic mass is 127.